The van der Waals surface area contributed by atoms with E-state index in [1.54, 1.807) is 0 Å². The topological polar surface area (TPSA) is 44.8 Å². The van der Waals surface area contributed by atoms with Gasteiger partial charge in [-0.25, -0.2) is 4.98 Å². The molecule has 274 valence electrons. The summed E-state index contributed by atoms with van der Waals surface area (Å²) in [6.45, 7) is 13.5. The molecule has 4 nitrogen and oxygen atoms in total. The van der Waals surface area contributed by atoms with Crippen LogP contribution in [-0.4, -0.2) is 21.6 Å². The van der Waals surface area contributed by atoms with E-state index in [4.69, 9.17) is 9.97 Å². The van der Waals surface area contributed by atoms with Crippen molar-refractivity contribution in [3.05, 3.63) is 168 Å². The second-order valence-electron chi connectivity index (χ2n) is 14.8. The molecule has 0 radical (unpaired) electrons. The Morgan fingerprint density at radius 2 is 1.35 bits per heavy atom. The number of rotatable bonds is 11. The zero-order valence-corrected chi connectivity index (χ0v) is 34.5. The van der Waals surface area contributed by atoms with Gasteiger partial charge in [0.25, 0.3) is 0 Å². The zero-order chi connectivity index (χ0) is 37.1. The Labute approximate surface area is 335 Å². The van der Waals surface area contributed by atoms with Gasteiger partial charge in [0.2, 0.25) is 0 Å². The third-order valence-electron chi connectivity index (χ3n) is 9.92. The fourth-order valence-electron chi connectivity index (χ4n) is 7.44. The molecule has 0 N–H and O–H groups in total. The number of hydrogen-bond acceptors (Lipinski definition) is 2. The van der Waals surface area contributed by atoms with E-state index in [9.17, 15) is 0 Å². The Kier molecular flexibility index (Phi) is 12.1. The van der Waals surface area contributed by atoms with E-state index in [2.05, 4.69) is 185 Å². The number of pyridine rings is 1. The van der Waals surface area contributed by atoms with E-state index in [0.717, 1.165) is 61.8 Å². The standard InChI is InChI=1S/C49H48N4.Pt/c1-32(2)28-39(50-7)31-47-52-49-43(23-15-25-46(49)53(47)45-24-12-11-20-42(45)35-16-9-8-10-17-35)36-18-13-19-37(29-36)44-30-38(26-27-51-44)48-40(33(3)4)21-14-22-41(48)34(5)6;/h8-28,30,32-34H,31H2,1-7H3;/q-2;+2/b39-28-;. The number of hydrogen-bond donors (Lipinski definition) is 0. The molecule has 5 aromatic carbocycles. The maximum Gasteiger partial charge on any atom is 2.00 e. The Balaban J connectivity index is 0.00000497. The van der Waals surface area contributed by atoms with Gasteiger partial charge in [-0.3, -0.25) is 9.55 Å². The van der Waals surface area contributed by atoms with Gasteiger partial charge in [-0.1, -0.05) is 138 Å². The van der Waals surface area contributed by atoms with E-state index in [1.165, 1.54) is 22.3 Å². The van der Waals surface area contributed by atoms with Crippen LogP contribution in [0.25, 0.3) is 66.7 Å². The van der Waals surface area contributed by atoms with Gasteiger partial charge in [0.15, 0.2) is 0 Å². The van der Waals surface area contributed by atoms with Crippen LogP contribution in [0.4, 0.5) is 0 Å². The number of allylic oxidation sites excluding steroid dienone is 2. The second kappa shape index (κ2) is 17.0. The summed E-state index contributed by atoms with van der Waals surface area (Å²) in [5, 5.41) is 4.69. The van der Waals surface area contributed by atoms with Gasteiger partial charge in [0.05, 0.1) is 16.7 Å². The Morgan fingerprint density at radius 1 is 0.704 bits per heavy atom. The molecule has 0 atom stereocenters. The summed E-state index contributed by atoms with van der Waals surface area (Å²) in [6.07, 6.45) is 4.78. The first kappa shape index (κ1) is 38.7. The van der Waals surface area contributed by atoms with E-state index in [0.29, 0.717) is 24.2 Å². The molecule has 7 aromatic rings. The predicted octanol–water partition coefficient (Wildman–Crippen LogP) is 13.2. The molecule has 7 rings (SSSR count). The summed E-state index contributed by atoms with van der Waals surface area (Å²) in [5.41, 5.74) is 15.5. The van der Waals surface area contributed by atoms with Crippen LogP contribution >= 0.6 is 0 Å². The van der Waals surface area contributed by atoms with Crippen LogP contribution in [0, 0.1) is 12.0 Å². The van der Waals surface area contributed by atoms with Crippen LogP contribution in [-0.2, 0) is 27.5 Å². The first-order chi connectivity index (χ1) is 25.7. The number of aromatic nitrogens is 3. The van der Waals surface area contributed by atoms with Crippen LogP contribution in [0.5, 0.6) is 0 Å². The van der Waals surface area contributed by atoms with Crippen molar-refractivity contribution < 1.29 is 21.1 Å². The molecule has 2 aromatic heterocycles. The largest absolute Gasteiger partial charge is 2.00 e. The Morgan fingerprint density at radius 3 is 2.06 bits per heavy atom. The number of para-hydroxylation sites is 2. The molecule has 0 bridgehead atoms. The van der Waals surface area contributed by atoms with E-state index in [-0.39, 0.29) is 21.1 Å². The first-order valence-electron chi connectivity index (χ1n) is 18.8. The van der Waals surface area contributed by atoms with Crippen molar-refractivity contribution in [3.63, 3.8) is 0 Å². The molecule has 0 saturated heterocycles. The van der Waals surface area contributed by atoms with Crippen molar-refractivity contribution in [2.24, 2.45) is 5.92 Å². The van der Waals surface area contributed by atoms with Crippen LogP contribution in [0.15, 0.2) is 139 Å². The number of nitrogens with zero attached hydrogens (tertiary/aromatic N) is 4. The Hall–Kier alpha value is -5.05. The number of fused-ring (bicyclic) bond motifs is 1. The molecule has 0 spiro atoms. The SMILES string of the molecule is C[N-]/C(=C\C(C)C)Cc1nc2c(-c3[c-]c(-c4cc(-c5c(C(C)C)cccc5C(C)C)ccn4)ccc3)cccc2n1-c1ccccc1-c1ccccc1.[Pt+2]. The molecule has 0 aliphatic heterocycles. The van der Waals surface area contributed by atoms with Crippen molar-refractivity contribution >= 4 is 11.0 Å². The van der Waals surface area contributed by atoms with Gasteiger partial charge in [0.1, 0.15) is 5.82 Å². The van der Waals surface area contributed by atoms with E-state index in [1.807, 2.05) is 13.2 Å². The quantitative estimate of drug-likeness (QED) is 0.122. The summed E-state index contributed by atoms with van der Waals surface area (Å²) < 4.78 is 2.33. The van der Waals surface area contributed by atoms with Gasteiger partial charge < -0.3 is 5.32 Å². The maximum absolute atomic E-state index is 5.43. The molecule has 0 amide bonds. The molecular formula is C49H48N4Pt. The van der Waals surface area contributed by atoms with Gasteiger partial charge in [-0.05, 0) is 63.8 Å². The molecule has 0 aliphatic carbocycles. The van der Waals surface area contributed by atoms with Crippen LogP contribution < -0.4 is 0 Å². The summed E-state index contributed by atoms with van der Waals surface area (Å²) in [5.74, 6) is 2.13. The van der Waals surface area contributed by atoms with Crippen LogP contribution in [0.1, 0.15) is 70.3 Å². The average Bonchev–Trinajstić information content (AvgIpc) is 3.55. The second-order valence-corrected chi connectivity index (χ2v) is 14.8. The molecule has 0 fully saturated rings. The fourth-order valence-corrected chi connectivity index (χ4v) is 7.44. The molecule has 0 unspecified atom stereocenters. The molecule has 0 saturated carbocycles. The molecule has 0 aliphatic rings. The summed E-state index contributed by atoms with van der Waals surface area (Å²) in [4.78, 5) is 10.3. The van der Waals surface area contributed by atoms with E-state index < -0.39 is 0 Å². The third-order valence-corrected chi connectivity index (χ3v) is 9.92. The van der Waals surface area contributed by atoms with Crippen molar-refractivity contribution in [1.29, 1.82) is 0 Å². The summed E-state index contributed by atoms with van der Waals surface area (Å²) in [6, 6.07) is 46.9. The van der Waals surface area contributed by atoms with Gasteiger partial charge in [-0.15, -0.1) is 43.0 Å². The monoisotopic (exact) mass is 887 g/mol. The predicted molar refractivity (Wildman–Crippen MR) is 224 cm³/mol. The first-order valence-corrected chi connectivity index (χ1v) is 18.8. The molecule has 5 heteroatoms. The number of imidazole rings is 1. The van der Waals surface area contributed by atoms with E-state index >= 15 is 0 Å². The number of likely N-dealkylation sites (N-methyl/N-ethyl adjacent to an activating group) is 1. The minimum absolute atomic E-state index is 0. The van der Waals surface area contributed by atoms with Crippen molar-refractivity contribution in [1.82, 2.24) is 14.5 Å². The van der Waals surface area contributed by atoms with Crippen molar-refractivity contribution in [3.8, 4) is 50.3 Å². The maximum atomic E-state index is 5.43. The number of benzene rings is 5. The fraction of sp³-hybridized carbons (Fsp3) is 0.224. The minimum atomic E-state index is 0. The van der Waals surface area contributed by atoms with Gasteiger partial charge in [-0.2, -0.15) is 5.70 Å². The third kappa shape index (κ3) is 7.91. The average molecular weight is 888 g/mol. The molecule has 54 heavy (non-hydrogen) atoms. The minimum Gasteiger partial charge on any atom is -0.690 e. The van der Waals surface area contributed by atoms with Crippen molar-refractivity contribution in [2.45, 2.75) is 59.8 Å². The molecular weight excluding hydrogens is 840 g/mol. The normalized spacial score (nSPS) is 11.8. The molecule has 2 heterocycles. The Bertz CT molecular complexity index is 2380. The summed E-state index contributed by atoms with van der Waals surface area (Å²) in [7, 11) is 1.87. The smallest absolute Gasteiger partial charge is 0.690 e. The van der Waals surface area contributed by atoms with Gasteiger partial charge >= 0.3 is 21.1 Å². The van der Waals surface area contributed by atoms with Gasteiger partial charge in [0, 0.05) is 23.9 Å². The van der Waals surface area contributed by atoms with Crippen LogP contribution in [0.3, 0.4) is 0 Å². The summed E-state index contributed by atoms with van der Waals surface area (Å²) >= 11 is 0. The zero-order valence-electron chi connectivity index (χ0n) is 32.2. The van der Waals surface area contributed by atoms with Crippen molar-refractivity contribution in [2.75, 3.05) is 7.05 Å². The van der Waals surface area contributed by atoms with Crippen LogP contribution in [0.2, 0.25) is 0 Å².